The minimum absolute atomic E-state index is 0.128. The maximum atomic E-state index is 10.6. The highest BCUT2D eigenvalue weighted by molar-refractivity contribution is 5.94. The molecule has 0 heterocycles. The molecule has 1 aliphatic rings. The lowest BCUT2D eigenvalue weighted by Gasteiger charge is -2.10. The number of fused-ring (bicyclic) bond motifs is 1. The molecule has 1 atom stereocenters. The van der Waals surface area contributed by atoms with Crippen LogP contribution in [0.5, 0.6) is 0 Å². The number of hydrazone groups is 1. The van der Waals surface area contributed by atoms with Crippen LogP contribution < -0.4 is 11.2 Å². The van der Waals surface area contributed by atoms with E-state index in [1.165, 1.54) is 11.1 Å². The fourth-order valence-electron chi connectivity index (χ4n) is 1.83. The minimum atomic E-state index is -0.644. The van der Waals surface area contributed by atoms with Crippen molar-refractivity contribution in [2.45, 2.75) is 12.8 Å². The lowest BCUT2D eigenvalue weighted by Crippen LogP contribution is -2.26. The monoisotopic (exact) mass is 215 g/mol. The van der Waals surface area contributed by atoms with Crippen molar-refractivity contribution in [3.63, 3.8) is 0 Å². The standard InChI is InChI=1S/C12H13N3O/c1-8(14-15-12(13)16)10-7-6-9-4-2-3-5-11(9)10/h2-7,10H,1H3,(H3,13,15,16). The van der Waals surface area contributed by atoms with Gasteiger partial charge in [0.15, 0.2) is 0 Å². The van der Waals surface area contributed by atoms with E-state index in [0.717, 1.165) is 5.71 Å². The fraction of sp³-hybridized carbons (Fsp3) is 0.167. The molecule has 0 aliphatic heterocycles. The van der Waals surface area contributed by atoms with Crippen molar-refractivity contribution < 1.29 is 4.79 Å². The second-order valence-corrected chi connectivity index (χ2v) is 3.69. The van der Waals surface area contributed by atoms with E-state index in [4.69, 9.17) is 5.73 Å². The quantitative estimate of drug-likeness (QED) is 0.573. The van der Waals surface area contributed by atoms with Gasteiger partial charge in [0.2, 0.25) is 0 Å². The third-order valence-electron chi connectivity index (χ3n) is 2.59. The number of nitrogens with two attached hydrogens (primary N) is 1. The zero-order valence-corrected chi connectivity index (χ0v) is 8.97. The molecule has 4 heteroatoms. The predicted molar refractivity (Wildman–Crippen MR) is 64.0 cm³/mol. The van der Waals surface area contributed by atoms with Gasteiger partial charge in [0.25, 0.3) is 0 Å². The second-order valence-electron chi connectivity index (χ2n) is 3.69. The third-order valence-corrected chi connectivity index (χ3v) is 2.59. The number of nitrogens with zero attached hydrogens (tertiary/aromatic N) is 1. The molecule has 0 bridgehead atoms. The van der Waals surface area contributed by atoms with Crippen LogP contribution in [0.2, 0.25) is 0 Å². The van der Waals surface area contributed by atoms with Crippen molar-refractivity contribution in [3.8, 4) is 0 Å². The Hall–Kier alpha value is -2.10. The van der Waals surface area contributed by atoms with Gasteiger partial charge in [-0.1, -0.05) is 36.4 Å². The van der Waals surface area contributed by atoms with Gasteiger partial charge in [-0.25, -0.2) is 10.2 Å². The average Bonchev–Trinajstić information content (AvgIpc) is 2.69. The second kappa shape index (κ2) is 4.18. The van der Waals surface area contributed by atoms with E-state index in [1.807, 2.05) is 19.1 Å². The molecule has 0 aromatic heterocycles. The highest BCUT2D eigenvalue weighted by Gasteiger charge is 2.19. The van der Waals surface area contributed by atoms with Crippen molar-refractivity contribution in [3.05, 3.63) is 41.5 Å². The highest BCUT2D eigenvalue weighted by atomic mass is 16.2. The molecule has 2 amide bonds. The molecule has 0 fully saturated rings. The minimum Gasteiger partial charge on any atom is -0.350 e. The van der Waals surface area contributed by atoms with E-state index in [1.54, 1.807) is 0 Å². The molecule has 0 radical (unpaired) electrons. The van der Waals surface area contributed by atoms with Gasteiger partial charge in [0.05, 0.1) is 0 Å². The lowest BCUT2D eigenvalue weighted by molar-refractivity contribution is 0.249. The summed E-state index contributed by atoms with van der Waals surface area (Å²) >= 11 is 0. The first-order valence-electron chi connectivity index (χ1n) is 5.05. The molecule has 2 rings (SSSR count). The number of benzene rings is 1. The van der Waals surface area contributed by atoms with Gasteiger partial charge in [0, 0.05) is 11.6 Å². The topological polar surface area (TPSA) is 67.5 Å². The van der Waals surface area contributed by atoms with Crippen molar-refractivity contribution in [2.24, 2.45) is 10.8 Å². The number of primary amides is 1. The van der Waals surface area contributed by atoms with Crippen LogP contribution in [0.1, 0.15) is 24.0 Å². The summed E-state index contributed by atoms with van der Waals surface area (Å²) in [5.41, 5.74) is 10.4. The van der Waals surface area contributed by atoms with Gasteiger partial charge in [-0.05, 0) is 18.1 Å². The molecule has 0 saturated heterocycles. The number of hydrogen-bond donors (Lipinski definition) is 2. The van der Waals surface area contributed by atoms with Gasteiger partial charge >= 0.3 is 6.03 Å². The average molecular weight is 215 g/mol. The molecular weight excluding hydrogens is 202 g/mol. The van der Waals surface area contributed by atoms with Crippen LogP contribution in [0.25, 0.3) is 6.08 Å². The lowest BCUT2D eigenvalue weighted by atomic mass is 9.97. The van der Waals surface area contributed by atoms with E-state index in [-0.39, 0.29) is 5.92 Å². The van der Waals surface area contributed by atoms with Crippen LogP contribution in [0, 0.1) is 0 Å². The van der Waals surface area contributed by atoms with Crippen molar-refractivity contribution in [1.82, 2.24) is 5.43 Å². The molecule has 4 nitrogen and oxygen atoms in total. The number of urea groups is 1. The largest absolute Gasteiger partial charge is 0.350 e. The highest BCUT2D eigenvalue weighted by Crippen LogP contribution is 2.30. The number of rotatable bonds is 2. The Morgan fingerprint density at radius 2 is 2.19 bits per heavy atom. The van der Waals surface area contributed by atoms with Crippen LogP contribution in [0.3, 0.4) is 0 Å². The first kappa shape index (κ1) is 10.4. The zero-order chi connectivity index (χ0) is 11.5. The number of carbonyl (C=O) groups excluding carboxylic acids is 1. The molecule has 0 saturated carbocycles. The zero-order valence-electron chi connectivity index (χ0n) is 8.97. The van der Waals surface area contributed by atoms with Gasteiger partial charge in [-0.15, -0.1) is 0 Å². The number of allylic oxidation sites excluding steroid dienone is 1. The summed E-state index contributed by atoms with van der Waals surface area (Å²) in [4.78, 5) is 10.6. The fourth-order valence-corrected chi connectivity index (χ4v) is 1.83. The molecule has 3 N–H and O–H groups in total. The number of nitrogens with one attached hydrogen (secondary N) is 1. The molecule has 1 aromatic rings. The first-order chi connectivity index (χ1) is 7.68. The Bertz CT molecular complexity index is 477. The smallest absolute Gasteiger partial charge is 0.332 e. The van der Waals surface area contributed by atoms with Crippen molar-refractivity contribution >= 4 is 17.8 Å². The molecule has 1 aromatic carbocycles. The summed E-state index contributed by atoms with van der Waals surface area (Å²) in [6.07, 6.45) is 4.12. The van der Waals surface area contributed by atoms with Gasteiger partial charge in [-0.3, -0.25) is 0 Å². The maximum Gasteiger partial charge on any atom is 0.332 e. The summed E-state index contributed by atoms with van der Waals surface area (Å²) in [6.45, 7) is 1.87. The predicted octanol–water partition coefficient (Wildman–Crippen LogP) is 1.84. The van der Waals surface area contributed by atoms with Crippen LogP contribution in [0.15, 0.2) is 35.4 Å². The number of amides is 2. The summed E-state index contributed by atoms with van der Waals surface area (Å²) in [5.74, 6) is 0.128. The Balaban J connectivity index is 2.22. The molecule has 1 unspecified atom stereocenters. The van der Waals surface area contributed by atoms with E-state index in [9.17, 15) is 4.79 Å². The third kappa shape index (κ3) is 1.95. The Kier molecular flexibility index (Phi) is 2.72. The van der Waals surface area contributed by atoms with Crippen LogP contribution in [-0.4, -0.2) is 11.7 Å². The normalized spacial score (nSPS) is 18.3. The number of hydrogen-bond acceptors (Lipinski definition) is 2. The van der Waals surface area contributed by atoms with Crippen LogP contribution in [-0.2, 0) is 0 Å². The van der Waals surface area contributed by atoms with E-state index >= 15 is 0 Å². The van der Waals surface area contributed by atoms with E-state index in [0.29, 0.717) is 0 Å². The van der Waals surface area contributed by atoms with Crippen LogP contribution >= 0.6 is 0 Å². The van der Waals surface area contributed by atoms with Crippen molar-refractivity contribution in [2.75, 3.05) is 0 Å². The van der Waals surface area contributed by atoms with Gasteiger partial charge in [0.1, 0.15) is 0 Å². The molecule has 0 spiro atoms. The molecule has 16 heavy (non-hydrogen) atoms. The Morgan fingerprint density at radius 1 is 1.44 bits per heavy atom. The molecular formula is C12H13N3O. The summed E-state index contributed by atoms with van der Waals surface area (Å²) in [5, 5.41) is 3.95. The van der Waals surface area contributed by atoms with Gasteiger partial charge in [-0.2, -0.15) is 5.10 Å². The molecule has 1 aliphatic carbocycles. The van der Waals surface area contributed by atoms with Crippen molar-refractivity contribution in [1.29, 1.82) is 0 Å². The SMILES string of the molecule is CC(=NNC(N)=O)C1C=Cc2ccccc21. The Labute approximate surface area is 93.8 Å². The number of carbonyl (C=O) groups is 1. The summed E-state index contributed by atoms with van der Waals surface area (Å²) < 4.78 is 0. The first-order valence-corrected chi connectivity index (χ1v) is 5.05. The van der Waals surface area contributed by atoms with E-state index < -0.39 is 6.03 Å². The van der Waals surface area contributed by atoms with Crippen LogP contribution in [0.4, 0.5) is 4.79 Å². The van der Waals surface area contributed by atoms with E-state index in [2.05, 4.69) is 34.8 Å². The maximum absolute atomic E-state index is 10.6. The van der Waals surface area contributed by atoms with Gasteiger partial charge < -0.3 is 5.73 Å². The molecule has 82 valence electrons. The summed E-state index contributed by atoms with van der Waals surface area (Å²) in [6, 6.07) is 7.46. The Morgan fingerprint density at radius 3 is 2.94 bits per heavy atom. The summed E-state index contributed by atoms with van der Waals surface area (Å²) in [7, 11) is 0.